The van der Waals surface area contributed by atoms with E-state index in [2.05, 4.69) is 21.0 Å². The molecule has 4 unspecified atom stereocenters. The van der Waals surface area contributed by atoms with Crippen molar-refractivity contribution in [3.05, 3.63) is 0 Å². The Morgan fingerprint density at radius 3 is 2.39 bits per heavy atom. The number of nitrogens with two attached hydrogens (primary N) is 1. The lowest BCUT2D eigenvalue weighted by Crippen LogP contribution is -2.48. The first-order valence-electron chi connectivity index (χ1n) is 7.93. The summed E-state index contributed by atoms with van der Waals surface area (Å²) in [5.41, 5.74) is 6.43. The molecule has 2 aliphatic rings. The van der Waals surface area contributed by atoms with Crippen molar-refractivity contribution in [2.24, 2.45) is 23.5 Å². The van der Waals surface area contributed by atoms with Crippen LogP contribution < -0.4 is 5.73 Å². The van der Waals surface area contributed by atoms with Crippen molar-refractivity contribution in [3.63, 3.8) is 0 Å². The van der Waals surface area contributed by atoms with Crippen molar-refractivity contribution >= 4 is 9.39 Å². The summed E-state index contributed by atoms with van der Waals surface area (Å²) < 4.78 is 2.41. The molecular weight excluding hydrogens is 239 g/mol. The van der Waals surface area contributed by atoms with Crippen LogP contribution in [0.3, 0.4) is 0 Å². The molecule has 2 fully saturated rings. The molecule has 0 aromatic heterocycles. The lowest BCUT2D eigenvalue weighted by molar-refractivity contribution is 0.126. The summed E-state index contributed by atoms with van der Waals surface area (Å²) >= 11 is 0. The van der Waals surface area contributed by atoms with Crippen molar-refractivity contribution in [2.45, 2.75) is 64.3 Å². The third-order valence-electron chi connectivity index (χ3n) is 5.22. The van der Waals surface area contributed by atoms with E-state index in [-0.39, 0.29) is 0 Å². The van der Waals surface area contributed by atoms with Crippen LogP contribution in [0.25, 0.3) is 0 Å². The van der Waals surface area contributed by atoms with E-state index in [0.717, 1.165) is 24.3 Å². The standard InChI is InChI=1S/C15H31N2P/c1-12-7-5-3-2-4-6-8-13(12)14-11-17(18)10-9-15(14)16/h12-15H,2-11,16,18H2,1H3/t12-,13?,14?,15?/m0/s1. The van der Waals surface area contributed by atoms with Gasteiger partial charge in [0.2, 0.25) is 0 Å². The third kappa shape index (κ3) is 3.92. The van der Waals surface area contributed by atoms with E-state index >= 15 is 0 Å². The number of piperidine rings is 1. The van der Waals surface area contributed by atoms with Gasteiger partial charge in [-0.15, -0.1) is 0 Å². The van der Waals surface area contributed by atoms with Gasteiger partial charge in [0.15, 0.2) is 0 Å². The molecule has 2 nitrogen and oxygen atoms in total. The van der Waals surface area contributed by atoms with Gasteiger partial charge >= 0.3 is 0 Å². The lowest BCUT2D eigenvalue weighted by atomic mass is 9.73. The molecule has 0 spiro atoms. The van der Waals surface area contributed by atoms with Crippen LogP contribution in [0.1, 0.15) is 58.3 Å². The molecule has 1 aliphatic carbocycles. The summed E-state index contributed by atoms with van der Waals surface area (Å²) in [6, 6.07) is 0.440. The number of hydrogen-bond acceptors (Lipinski definition) is 2. The van der Waals surface area contributed by atoms with Crippen LogP contribution in [0, 0.1) is 17.8 Å². The van der Waals surface area contributed by atoms with Gasteiger partial charge in [0.25, 0.3) is 0 Å². The third-order valence-corrected chi connectivity index (χ3v) is 5.69. The molecule has 106 valence electrons. The summed E-state index contributed by atoms with van der Waals surface area (Å²) in [5, 5.41) is 0. The number of hydrogen-bond donors (Lipinski definition) is 1. The summed E-state index contributed by atoms with van der Waals surface area (Å²) in [7, 11) is 2.89. The van der Waals surface area contributed by atoms with E-state index in [4.69, 9.17) is 5.73 Å². The molecule has 2 rings (SSSR count). The highest BCUT2D eigenvalue weighted by Gasteiger charge is 2.34. The molecular formula is C15H31N2P. The SMILES string of the molecule is C[C@H]1CCCCCCCC1C1CN(P)CCC1N. The van der Waals surface area contributed by atoms with Crippen molar-refractivity contribution in [1.29, 1.82) is 0 Å². The second-order valence-corrected chi connectivity index (χ2v) is 7.33. The quantitative estimate of drug-likeness (QED) is 0.740. The highest BCUT2D eigenvalue weighted by Crippen LogP contribution is 2.36. The topological polar surface area (TPSA) is 29.3 Å². The summed E-state index contributed by atoms with van der Waals surface area (Å²) in [5.74, 6) is 2.46. The molecule has 3 heteroatoms. The number of rotatable bonds is 1. The predicted octanol–water partition coefficient (Wildman–Crippen LogP) is 3.42. The maximum atomic E-state index is 6.43. The minimum absolute atomic E-state index is 0.440. The van der Waals surface area contributed by atoms with E-state index in [1.54, 1.807) is 0 Å². The van der Waals surface area contributed by atoms with Gasteiger partial charge in [-0.25, -0.2) is 0 Å². The van der Waals surface area contributed by atoms with E-state index < -0.39 is 0 Å². The second kappa shape index (κ2) is 7.22. The maximum absolute atomic E-state index is 6.43. The lowest BCUT2D eigenvalue weighted by Gasteiger charge is -2.41. The highest BCUT2D eigenvalue weighted by molar-refractivity contribution is 7.13. The fourth-order valence-electron chi connectivity index (χ4n) is 3.99. The Bertz CT molecular complexity index is 247. The van der Waals surface area contributed by atoms with E-state index in [9.17, 15) is 0 Å². The minimum Gasteiger partial charge on any atom is -0.327 e. The molecule has 1 saturated heterocycles. The highest BCUT2D eigenvalue weighted by atomic mass is 31.0. The average molecular weight is 270 g/mol. The van der Waals surface area contributed by atoms with Crippen LogP contribution in [0.15, 0.2) is 0 Å². The molecule has 1 saturated carbocycles. The Kier molecular flexibility index (Phi) is 5.92. The number of nitrogens with zero attached hydrogens (tertiary/aromatic N) is 1. The summed E-state index contributed by atoms with van der Waals surface area (Å²) in [6.07, 6.45) is 11.2. The van der Waals surface area contributed by atoms with Crippen LogP contribution in [0.2, 0.25) is 0 Å². The molecule has 1 heterocycles. The minimum atomic E-state index is 0.440. The molecule has 5 atom stereocenters. The van der Waals surface area contributed by atoms with Crippen molar-refractivity contribution in [1.82, 2.24) is 4.67 Å². The zero-order valence-electron chi connectivity index (χ0n) is 12.0. The fraction of sp³-hybridized carbons (Fsp3) is 1.00. The molecule has 18 heavy (non-hydrogen) atoms. The van der Waals surface area contributed by atoms with Crippen LogP contribution in [0.5, 0.6) is 0 Å². The van der Waals surface area contributed by atoms with Gasteiger partial charge in [0.1, 0.15) is 0 Å². The first-order chi connectivity index (χ1) is 8.68. The molecule has 0 radical (unpaired) electrons. The summed E-state index contributed by atoms with van der Waals surface area (Å²) in [4.78, 5) is 0. The van der Waals surface area contributed by atoms with Gasteiger partial charge in [-0.1, -0.05) is 54.8 Å². The maximum Gasteiger partial charge on any atom is 0.00945 e. The first kappa shape index (κ1) is 14.8. The van der Waals surface area contributed by atoms with Gasteiger partial charge in [-0.05, 0) is 30.6 Å². The van der Waals surface area contributed by atoms with Gasteiger partial charge in [-0.3, -0.25) is 4.67 Å². The predicted molar refractivity (Wildman–Crippen MR) is 82.3 cm³/mol. The first-order valence-corrected chi connectivity index (χ1v) is 8.45. The van der Waals surface area contributed by atoms with Crippen LogP contribution >= 0.6 is 9.39 Å². The Labute approximate surface area is 115 Å². The van der Waals surface area contributed by atoms with Crippen LogP contribution in [-0.2, 0) is 0 Å². The Balaban J connectivity index is 2.01. The van der Waals surface area contributed by atoms with Crippen molar-refractivity contribution in [3.8, 4) is 0 Å². The van der Waals surface area contributed by atoms with E-state index in [1.807, 2.05) is 0 Å². The Morgan fingerprint density at radius 2 is 1.61 bits per heavy atom. The largest absolute Gasteiger partial charge is 0.327 e. The normalized spacial score (nSPS) is 40.8. The fourth-order valence-corrected chi connectivity index (χ4v) is 4.38. The van der Waals surface area contributed by atoms with Gasteiger partial charge in [0.05, 0.1) is 0 Å². The molecule has 1 aliphatic heterocycles. The van der Waals surface area contributed by atoms with Crippen molar-refractivity contribution < 1.29 is 0 Å². The van der Waals surface area contributed by atoms with Crippen molar-refractivity contribution in [2.75, 3.05) is 13.1 Å². The molecule has 0 bridgehead atoms. The van der Waals surface area contributed by atoms with Gasteiger partial charge in [0, 0.05) is 19.1 Å². The molecule has 0 amide bonds. The zero-order valence-corrected chi connectivity index (χ0v) is 13.1. The molecule has 0 aromatic carbocycles. The van der Waals surface area contributed by atoms with Gasteiger partial charge in [-0.2, -0.15) is 0 Å². The van der Waals surface area contributed by atoms with E-state index in [1.165, 1.54) is 57.9 Å². The second-order valence-electron chi connectivity index (χ2n) is 6.60. The van der Waals surface area contributed by atoms with E-state index in [0.29, 0.717) is 6.04 Å². The van der Waals surface area contributed by atoms with Crippen LogP contribution in [0.4, 0.5) is 0 Å². The zero-order chi connectivity index (χ0) is 13.0. The van der Waals surface area contributed by atoms with Crippen LogP contribution in [-0.4, -0.2) is 23.8 Å². The molecule has 2 N–H and O–H groups in total. The average Bonchev–Trinajstić information content (AvgIpc) is 2.45. The van der Waals surface area contributed by atoms with Gasteiger partial charge < -0.3 is 5.73 Å². The summed E-state index contributed by atoms with van der Waals surface area (Å²) in [6.45, 7) is 4.83. The molecule has 0 aromatic rings. The monoisotopic (exact) mass is 270 g/mol. The Hall–Kier alpha value is 0.350. The smallest absolute Gasteiger partial charge is 0.00945 e. The Morgan fingerprint density at radius 1 is 0.944 bits per heavy atom.